The number of ether oxygens (including phenoxy) is 1. The average molecular weight is 500 g/mol. The number of halogens is 3. The Hall–Kier alpha value is -3.21. The molecule has 4 rings (SSSR count). The van der Waals surface area contributed by atoms with Gasteiger partial charge < -0.3 is 14.5 Å². The summed E-state index contributed by atoms with van der Waals surface area (Å²) >= 11 is 0. The molecule has 0 unspecified atom stereocenters. The molecule has 5 nitrogen and oxygen atoms in total. The number of carbonyl (C=O) groups is 1. The first-order chi connectivity index (χ1) is 17.2. The first-order valence-corrected chi connectivity index (χ1v) is 12.6. The Balaban J connectivity index is 1.51. The monoisotopic (exact) mass is 499 g/mol. The van der Waals surface area contributed by atoms with Gasteiger partial charge in [-0.3, -0.25) is 0 Å². The lowest BCUT2D eigenvalue weighted by Gasteiger charge is -2.30. The van der Waals surface area contributed by atoms with E-state index in [-0.39, 0.29) is 24.3 Å². The van der Waals surface area contributed by atoms with Crippen molar-refractivity contribution in [2.24, 2.45) is 5.92 Å². The molecular formula is C28H32F3N3O2. The summed E-state index contributed by atoms with van der Waals surface area (Å²) in [5, 5.41) is 9.13. The van der Waals surface area contributed by atoms with Crippen molar-refractivity contribution in [3.8, 4) is 6.07 Å². The molecule has 0 spiro atoms. The SMILES string of the molecule is CCN(CC1CC1)c1ccc2c(c1COC(=O)N(C)Cc1cc(C#N)cc(C(F)(F)F)c1)CCCC2. The molecule has 0 radical (unpaired) electrons. The van der Waals surface area contributed by atoms with Crippen LogP contribution in [0.1, 0.15) is 66.0 Å². The van der Waals surface area contributed by atoms with E-state index in [0.717, 1.165) is 62.2 Å². The van der Waals surface area contributed by atoms with E-state index in [0.29, 0.717) is 5.92 Å². The van der Waals surface area contributed by atoms with Crippen LogP contribution in [0.5, 0.6) is 0 Å². The fourth-order valence-corrected chi connectivity index (χ4v) is 4.95. The Kier molecular flexibility index (Phi) is 7.77. The Morgan fingerprint density at radius 3 is 2.58 bits per heavy atom. The summed E-state index contributed by atoms with van der Waals surface area (Å²) in [5.74, 6) is 0.716. The minimum Gasteiger partial charge on any atom is -0.444 e. The number of nitrogens with zero attached hydrogens (tertiary/aromatic N) is 3. The number of hydrogen-bond donors (Lipinski definition) is 0. The van der Waals surface area contributed by atoms with Crippen LogP contribution in [0.2, 0.25) is 0 Å². The van der Waals surface area contributed by atoms with Crippen molar-refractivity contribution in [3.63, 3.8) is 0 Å². The quantitative estimate of drug-likeness (QED) is 0.418. The van der Waals surface area contributed by atoms with Gasteiger partial charge in [0.05, 0.1) is 17.2 Å². The molecule has 0 atom stereocenters. The van der Waals surface area contributed by atoms with Gasteiger partial charge in [-0.15, -0.1) is 0 Å². The number of rotatable bonds is 8. The van der Waals surface area contributed by atoms with Gasteiger partial charge in [-0.2, -0.15) is 18.4 Å². The van der Waals surface area contributed by atoms with E-state index in [1.807, 2.05) is 0 Å². The highest BCUT2D eigenvalue weighted by Gasteiger charge is 2.31. The van der Waals surface area contributed by atoms with Crippen molar-refractivity contribution in [1.29, 1.82) is 5.26 Å². The lowest BCUT2D eigenvalue weighted by Crippen LogP contribution is -2.29. The number of amides is 1. The highest BCUT2D eigenvalue weighted by Crippen LogP contribution is 2.36. The normalized spacial score (nSPS) is 15.1. The Morgan fingerprint density at radius 2 is 1.92 bits per heavy atom. The fourth-order valence-electron chi connectivity index (χ4n) is 4.95. The Morgan fingerprint density at radius 1 is 1.17 bits per heavy atom. The largest absolute Gasteiger partial charge is 0.444 e. The van der Waals surface area contributed by atoms with Gasteiger partial charge in [0, 0.05) is 37.9 Å². The van der Waals surface area contributed by atoms with Crippen LogP contribution >= 0.6 is 0 Å². The van der Waals surface area contributed by atoms with Crippen molar-refractivity contribution in [2.45, 2.75) is 64.8 Å². The van der Waals surface area contributed by atoms with Crippen LogP contribution in [0.25, 0.3) is 0 Å². The number of anilines is 1. The summed E-state index contributed by atoms with van der Waals surface area (Å²) in [6.07, 6.45) is 1.53. The molecular weight excluding hydrogens is 467 g/mol. The maximum absolute atomic E-state index is 13.2. The summed E-state index contributed by atoms with van der Waals surface area (Å²) in [5.41, 5.74) is 3.94. The van der Waals surface area contributed by atoms with Crippen molar-refractivity contribution in [3.05, 3.63) is 63.7 Å². The molecule has 2 aromatic carbocycles. The van der Waals surface area contributed by atoms with Crippen LogP contribution in [0.4, 0.5) is 23.7 Å². The van der Waals surface area contributed by atoms with E-state index in [9.17, 15) is 18.0 Å². The highest BCUT2D eigenvalue weighted by atomic mass is 19.4. The van der Waals surface area contributed by atoms with Gasteiger partial charge in [-0.1, -0.05) is 6.07 Å². The molecule has 0 saturated heterocycles. The molecule has 1 saturated carbocycles. The second-order valence-corrected chi connectivity index (χ2v) is 9.83. The number of fused-ring (bicyclic) bond motifs is 1. The van der Waals surface area contributed by atoms with Crippen molar-refractivity contribution >= 4 is 11.8 Å². The number of nitriles is 1. The van der Waals surface area contributed by atoms with Crippen LogP contribution in [0.15, 0.2) is 30.3 Å². The van der Waals surface area contributed by atoms with Crippen LogP contribution < -0.4 is 4.90 Å². The molecule has 0 aliphatic heterocycles. The molecule has 36 heavy (non-hydrogen) atoms. The van der Waals surface area contributed by atoms with Gasteiger partial charge in [0.25, 0.3) is 0 Å². The number of benzene rings is 2. The second kappa shape index (κ2) is 10.8. The molecule has 0 bridgehead atoms. The maximum atomic E-state index is 13.2. The maximum Gasteiger partial charge on any atom is 0.416 e. The van der Waals surface area contributed by atoms with E-state index in [2.05, 4.69) is 24.0 Å². The minimum atomic E-state index is -4.57. The second-order valence-electron chi connectivity index (χ2n) is 9.83. The van der Waals surface area contributed by atoms with Gasteiger partial charge in [0.1, 0.15) is 6.61 Å². The predicted molar refractivity (Wildman–Crippen MR) is 132 cm³/mol. The molecule has 0 aromatic heterocycles. The third-order valence-corrected chi connectivity index (χ3v) is 7.04. The smallest absolute Gasteiger partial charge is 0.416 e. The number of alkyl halides is 3. The van der Waals surface area contributed by atoms with Gasteiger partial charge in [0.15, 0.2) is 0 Å². The fraction of sp³-hybridized carbons (Fsp3) is 0.500. The van der Waals surface area contributed by atoms with Crippen LogP contribution in [0, 0.1) is 17.2 Å². The number of aryl methyl sites for hydroxylation is 1. The summed E-state index contributed by atoms with van der Waals surface area (Å²) in [7, 11) is 1.49. The molecule has 8 heteroatoms. The zero-order valence-electron chi connectivity index (χ0n) is 20.8. The lowest BCUT2D eigenvalue weighted by molar-refractivity contribution is -0.137. The zero-order valence-corrected chi connectivity index (χ0v) is 20.8. The lowest BCUT2D eigenvalue weighted by atomic mass is 9.87. The Bertz CT molecular complexity index is 1150. The van der Waals surface area contributed by atoms with E-state index in [1.165, 1.54) is 42.0 Å². The van der Waals surface area contributed by atoms with Gasteiger partial charge in [-0.05, 0) is 92.3 Å². The molecule has 2 aliphatic rings. The average Bonchev–Trinajstić information content (AvgIpc) is 3.69. The van der Waals surface area contributed by atoms with Gasteiger partial charge in [-0.25, -0.2) is 4.79 Å². The molecule has 1 amide bonds. The first kappa shape index (κ1) is 25.9. The molecule has 1 fully saturated rings. The third kappa shape index (κ3) is 6.13. The van der Waals surface area contributed by atoms with Crippen LogP contribution in [-0.2, 0) is 36.9 Å². The summed E-state index contributed by atoms with van der Waals surface area (Å²) in [4.78, 5) is 16.5. The molecule has 192 valence electrons. The van der Waals surface area contributed by atoms with Crippen LogP contribution in [-0.4, -0.2) is 31.1 Å². The molecule has 0 N–H and O–H groups in total. The van der Waals surface area contributed by atoms with E-state index in [1.54, 1.807) is 6.07 Å². The van der Waals surface area contributed by atoms with Gasteiger partial charge in [0.2, 0.25) is 0 Å². The summed E-state index contributed by atoms with van der Waals surface area (Å²) in [6, 6.07) is 9.25. The van der Waals surface area contributed by atoms with E-state index >= 15 is 0 Å². The third-order valence-electron chi connectivity index (χ3n) is 7.04. The van der Waals surface area contributed by atoms with Gasteiger partial charge >= 0.3 is 12.3 Å². The van der Waals surface area contributed by atoms with Crippen molar-refractivity contribution in [2.75, 3.05) is 25.0 Å². The molecule has 0 heterocycles. The van der Waals surface area contributed by atoms with Crippen LogP contribution in [0.3, 0.4) is 0 Å². The van der Waals surface area contributed by atoms with Crippen molar-refractivity contribution < 1.29 is 22.7 Å². The highest BCUT2D eigenvalue weighted by molar-refractivity contribution is 5.68. The topological polar surface area (TPSA) is 56.6 Å². The Labute approximate surface area is 210 Å². The predicted octanol–water partition coefficient (Wildman–Crippen LogP) is 6.46. The zero-order chi connectivity index (χ0) is 25.9. The molecule has 2 aromatic rings. The number of hydrogen-bond acceptors (Lipinski definition) is 4. The number of carbonyl (C=O) groups excluding carboxylic acids is 1. The molecule has 2 aliphatic carbocycles. The summed E-state index contributed by atoms with van der Waals surface area (Å²) < 4.78 is 45.4. The summed E-state index contributed by atoms with van der Waals surface area (Å²) in [6.45, 7) is 4.02. The minimum absolute atomic E-state index is 0.0973. The first-order valence-electron chi connectivity index (χ1n) is 12.6. The standard InChI is InChI=1S/C28H32F3N3O2/c1-3-34(17-19-8-9-19)26-11-10-22-6-4-5-7-24(22)25(26)18-36-27(35)33(2)16-21-12-20(15-32)13-23(14-21)28(29,30)31/h10-14,19H,3-9,16-18H2,1-2H3. The van der Waals surface area contributed by atoms with Crippen molar-refractivity contribution in [1.82, 2.24) is 4.90 Å². The van der Waals surface area contributed by atoms with E-state index in [4.69, 9.17) is 10.00 Å². The van der Waals surface area contributed by atoms with E-state index < -0.39 is 17.8 Å².